The lowest BCUT2D eigenvalue weighted by Gasteiger charge is -2.14. The minimum atomic E-state index is -1.14. The highest BCUT2D eigenvalue weighted by molar-refractivity contribution is 5.71. The van der Waals surface area contributed by atoms with E-state index >= 15 is 0 Å². The molecule has 0 unspecified atom stereocenters. The fourth-order valence-corrected chi connectivity index (χ4v) is 1.94. The molecule has 0 spiro atoms. The molecule has 0 aliphatic heterocycles. The van der Waals surface area contributed by atoms with Crippen LogP contribution >= 0.6 is 0 Å². The van der Waals surface area contributed by atoms with Gasteiger partial charge in [0.05, 0.1) is 14.2 Å². The van der Waals surface area contributed by atoms with Crippen LogP contribution in [0.5, 0.6) is 11.5 Å². The minimum absolute atomic E-state index is 0.281. The number of benzene rings is 1. The van der Waals surface area contributed by atoms with Crippen LogP contribution in [0.15, 0.2) is 35.1 Å². The fraction of sp³-hybridized carbons (Fsp3) is 0.267. The average molecular weight is 304 g/mol. The number of nitrogens with zero attached hydrogens (tertiary/aromatic N) is 2. The number of aromatic nitrogens is 2. The summed E-state index contributed by atoms with van der Waals surface area (Å²) in [6.07, 6.45) is 0. The maximum atomic E-state index is 12.0. The molecule has 22 heavy (non-hydrogen) atoms. The lowest BCUT2D eigenvalue weighted by molar-refractivity contribution is -0.140. The topological polar surface area (TPSA) is 90.7 Å². The second-order valence-corrected chi connectivity index (χ2v) is 4.59. The van der Waals surface area contributed by atoms with Crippen molar-refractivity contribution in [1.29, 1.82) is 0 Å². The summed E-state index contributed by atoms with van der Waals surface area (Å²) in [7, 11) is 2.98. The second-order valence-electron chi connectivity index (χ2n) is 4.59. The third-order valence-corrected chi connectivity index (χ3v) is 3.23. The molecular formula is C15H16N2O5. The predicted octanol–water partition coefficient (Wildman–Crippen LogP) is 1.57. The molecule has 0 fully saturated rings. The van der Waals surface area contributed by atoms with E-state index < -0.39 is 17.6 Å². The lowest BCUT2D eigenvalue weighted by atomic mass is 10.1. The molecule has 116 valence electrons. The normalized spacial score (nSPS) is 11.8. The largest absolute Gasteiger partial charge is 0.497 e. The van der Waals surface area contributed by atoms with Crippen LogP contribution in [0.25, 0.3) is 11.3 Å². The summed E-state index contributed by atoms with van der Waals surface area (Å²) in [6.45, 7) is 1.39. The van der Waals surface area contributed by atoms with Gasteiger partial charge < -0.3 is 14.6 Å². The first kappa shape index (κ1) is 15.6. The van der Waals surface area contributed by atoms with Crippen LogP contribution in [0.4, 0.5) is 0 Å². The monoisotopic (exact) mass is 304 g/mol. The van der Waals surface area contributed by atoms with E-state index in [0.29, 0.717) is 17.0 Å². The summed E-state index contributed by atoms with van der Waals surface area (Å²) in [5.74, 6) is -0.181. The highest BCUT2D eigenvalue weighted by atomic mass is 16.5. The van der Waals surface area contributed by atoms with Gasteiger partial charge in [-0.2, -0.15) is 5.10 Å². The zero-order chi connectivity index (χ0) is 16.3. The molecule has 0 aliphatic carbocycles. The zero-order valence-corrected chi connectivity index (χ0v) is 12.4. The zero-order valence-electron chi connectivity index (χ0n) is 12.4. The number of carbonyl (C=O) groups is 1. The Morgan fingerprint density at radius 1 is 1.23 bits per heavy atom. The van der Waals surface area contributed by atoms with Crippen molar-refractivity contribution in [3.05, 3.63) is 40.7 Å². The number of carboxylic acids is 1. The standard InChI is InChI=1S/C15H16N2O5/c1-9(15(19)20)17-13(18)8-12(22-3)14(16-17)10-4-6-11(21-2)7-5-10/h4-9H,1-3H3,(H,19,20)/t9-/m0/s1. The highest BCUT2D eigenvalue weighted by Crippen LogP contribution is 2.28. The summed E-state index contributed by atoms with van der Waals surface area (Å²) < 4.78 is 11.2. The van der Waals surface area contributed by atoms with E-state index in [2.05, 4.69) is 5.10 Å². The SMILES string of the molecule is COc1ccc(-c2nn([C@@H](C)C(=O)O)c(=O)cc2OC)cc1. The Morgan fingerprint density at radius 2 is 1.86 bits per heavy atom. The molecule has 0 saturated heterocycles. The minimum Gasteiger partial charge on any atom is -0.497 e. The van der Waals surface area contributed by atoms with Gasteiger partial charge in [0.2, 0.25) is 0 Å². The Hall–Kier alpha value is -2.83. The second kappa shape index (κ2) is 6.30. The Bertz CT molecular complexity index is 737. The van der Waals surface area contributed by atoms with E-state index in [9.17, 15) is 9.59 Å². The number of hydrogen-bond acceptors (Lipinski definition) is 5. The van der Waals surface area contributed by atoms with E-state index in [1.807, 2.05) is 0 Å². The van der Waals surface area contributed by atoms with Gasteiger partial charge in [0.15, 0.2) is 11.8 Å². The summed E-state index contributed by atoms with van der Waals surface area (Å²) >= 11 is 0. The smallest absolute Gasteiger partial charge is 0.328 e. The van der Waals surface area contributed by atoms with Gasteiger partial charge in [-0.05, 0) is 31.2 Å². The Balaban J connectivity index is 2.59. The Morgan fingerprint density at radius 3 is 2.36 bits per heavy atom. The van der Waals surface area contributed by atoms with Crippen LogP contribution in [0, 0.1) is 0 Å². The third kappa shape index (κ3) is 2.93. The van der Waals surface area contributed by atoms with Gasteiger partial charge >= 0.3 is 5.97 Å². The molecule has 0 aliphatic rings. The Kier molecular flexibility index (Phi) is 4.45. The molecule has 0 radical (unpaired) electrons. The molecular weight excluding hydrogens is 288 g/mol. The summed E-state index contributed by atoms with van der Waals surface area (Å²) in [6, 6.07) is 7.15. The first-order valence-electron chi connectivity index (χ1n) is 6.53. The lowest BCUT2D eigenvalue weighted by Crippen LogP contribution is -2.30. The third-order valence-electron chi connectivity index (χ3n) is 3.23. The van der Waals surface area contributed by atoms with Crippen molar-refractivity contribution in [2.45, 2.75) is 13.0 Å². The number of rotatable bonds is 5. The fourth-order valence-electron chi connectivity index (χ4n) is 1.94. The highest BCUT2D eigenvalue weighted by Gasteiger charge is 2.19. The van der Waals surface area contributed by atoms with Crippen LogP contribution in [0.1, 0.15) is 13.0 Å². The van der Waals surface area contributed by atoms with Crippen molar-refractivity contribution in [3.63, 3.8) is 0 Å². The van der Waals surface area contributed by atoms with E-state index in [0.717, 1.165) is 4.68 Å². The van der Waals surface area contributed by atoms with E-state index in [1.165, 1.54) is 20.1 Å². The maximum Gasteiger partial charge on any atom is 0.328 e. The molecule has 1 aromatic heterocycles. The first-order chi connectivity index (χ1) is 10.5. The van der Waals surface area contributed by atoms with Gasteiger partial charge in [0, 0.05) is 11.6 Å². The molecule has 7 heteroatoms. The quantitative estimate of drug-likeness (QED) is 0.901. The summed E-state index contributed by atoms with van der Waals surface area (Å²) in [5.41, 5.74) is 0.533. The van der Waals surface area contributed by atoms with Gasteiger partial charge in [-0.25, -0.2) is 9.48 Å². The van der Waals surface area contributed by atoms with Crippen LogP contribution in [0.2, 0.25) is 0 Å². The van der Waals surface area contributed by atoms with Crippen molar-refractivity contribution >= 4 is 5.97 Å². The van der Waals surface area contributed by atoms with Gasteiger partial charge in [0.1, 0.15) is 11.4 Å². The van der Waals surface area contributed by atoms with E-state index in [1.54, 1.807) is 31.4 Å². The van der Waals surface area contributed by atoms with Crippen LogP contribution in [-0.2, 0) is 4.79 Å². The van der Waals surface area contributed by atoms with Crippen molar-refractivity contribution in [1.82, 2.24) is 9.78 Å². The predicted molar refractivity (Wildman–Crippen MR) is 79.4 cm³/mol. The van der Waals surface area contributed by atoms with Crippen LogP contribution in [0.3, 0.4) is 0 Å². The van der Waals surface area contributed by atoms with Gasteiger partial charge in [-0.1, -0.05) is 0 Å². The number of carboxylic acid groups (broad SMARTS) is 1. The van der Waals surface area contributed by atoms with Gasteiger partial charge in [-0.15, -0.1) is 0 Å². The number of methoxy groups -OCH3 is 2. The van der Waals surface area contributed by atoms with Crippen molar-refractivity contribution in [2.24, 2.45) is 0 Å². The molecule has 1 N–H and O–H groups in total. The maximum absolute atomic E-state index is 12.0. The summed E-state index contributed by atoms with van der Waals surface area (Å²) in [4.78, 5) is 23.1. The van der Waals surface area contributed by atoms with Gasteiger partial charge in [-0.3, -0.25) is 4.79 Å². The number of hydrogen-bond donors (Lipinski definition) is 1. The van der Waals surface area contributed by atoms with Crippen LogP contribution < -0.4 is 15.0 Å². The first-order valence-corrected chi connectivity index (χ1v) is 6.53. The molecule has 0 bridgehead atoms. The van der Waals surface area contributed by atoms with E-state index in [-0.39, 0.29) is 5.75 Å². The summed E-state index contributed by atoms with van der Waals surface area (Å²) in [5, 5.41) is 13.2. The van der Waals surface area contributed by atoms with Crippen molar-refractivity contribution in [3.8, 4) is 22.8 Å². The van der Waals surface area contributed by atoms with Crippen LogP contribution in [-0.4, -0.2) is 35.1 Å². The number of aliphatic carboxylic acids is 1. The molecule has 1 aromatic carbocycles. The van der Waals surface area contributed by atoms with Crippen molar-refractivity contribution in [2.75, 3.05) is 14.2 Å². The molecule has 2 rings (SSSR count). The number of ether oxygens (including phenoxy) is 2. The molecule has 0 amide bonds. The molecule has 0 saturated carbocycles. The molecule has 7 nitrogen and oxygen atoms in total. The van der Waals surface area contributed by atoms with E-state index in [4.69, 9.17) is 14.6 Å². The van der Waals surface area contributed by atoms with Gasteiger partial charge in [0.25, 0.3) is 5.56 Å². The van der Waals surface area contributed by atoms with Crippen molar-refractivity contribution < 1.29 is 19.4 Å². The Labute approximate surface area is 126 Å². The average Bonchev–Trinajstić information content (AvgIpc) is 2.53. The molecule has 2 aromatic rings. The molecule has 1 atom stereocenters. The molecule has 1 heterocycles.